The van der Waals surface area contributed by atoms with Crippen molar-refractivity contribution in [2.75, 3.05) is 39.7 Å². The van der Waals surface area contributed by atoms with Crippen molar-refractivity contribution in [1.82, 2.24) is 14.1 Å². The molecule has 0 radical (unpaired) electrons. The standard InChI is InChI=1S/C21H30N4O6S/c1-14-21(32(27,28)24-9-7-6-8-10-24)15(2)25(23-14)13-19(26)22-16-11-17(29-3)20(31-5)18(12-16)30-4/h11-12H,6-10,13H2,1-5H3,(H,22,26). The summed E-state index contributed by atoms with van der Waals surface area (Å²) in [5.41, 5.74) is 1.27. The number of anilines is 1. The molecule has 1 fully saturated rings. The minimum absolute atomic E-state index is 0.140. The molecule has 1 aromatic heterocycles. The first-order valence-corrected chi connectivity index (χ1v) is 11.8. The number of piperidine rings is 1. The lowest BCUT2D eigenvalue weighted by atomic mass is 10.2. The van der Waals surface area contributed by atoms with Crippen LogP contribution in [0.25, 0.3) is 0 Å². The molecule has 1 saturated heterocycles. The number of amides is 1. The van der Waals surface area contributed by atoms with Gasteiger partial charge in [-0.2, -0.15) is 9.40 Å². The molecular formula is C21H30N4O6S. The molecule has 1 aromatic carbocycles. The van der Waals surface area contributed by atoms with E-state index in [4.69, 9.17) is 14.2 Å². The number of aryl methyl sites for hydroxylation is 1. The minimum Gasteiger partial charge on any atom is -0.493 e. The fourth-order valence-electron chi connectivity index (χ4n) is 3.93. The van der Waals surface area contributed by atoms with Crippen LogP contribution in [-0.4, -0.2) is 62.8 Å². The van der Waals surface area contributed by atoms with Crippen LogP contribution in [0.1, 0.15) is 30.7 Å². The van der Waals surface area contributed by atoms with Crippen LogP contribution in [0.2, 0.25) is 0 Å². The van der Waals surface area contributed by atoms with E-state index in [1.807, 2.05) is 0 Å². The number of methoxy groups -OCH3 is 3. The Balaban J connectivity index is 1.81. The first kappa shape index (κ1) is 23.9. The van der Waals surface area contributed by atoms with E-state index in [-0.39, 0.29) is 17.3 Å². The Hall–Kier alpha value is -2.79. The Morgan fingerprint density at radius 1 is 1.03 bits per heavy atom. The molecule has 2 aromatic rings. The lowest BCUT2D eigenvalue weighted by molar-refractivity contribution is -0.116. The molecule has 0 spiro atoms. The van der Waals surface area contributed by atoms with Crippen LogP contribution in [0.5, 0.6) is 17.2 Å². The first-order valence-electron chi connectivity index (χ1n) is 10.4. The predicted molar refractivity (Wildman–Crippen MR) is 119 cm³/mol. The predicted octanol–water partition coefficient (Wildman–Crippen LogP) is 2.34. The Bertz CT molecular complexity index is 1060. The average molecular weight is 467 g/mol. The average Bonchev–Trinajstić information content (AvgIpc) is 3.06. The Morgan fingerprint density at radius 3 is 2.16 bits per heavy atom. The minimum atomic E-state index is -3.65. The molecule has 0 aliphatic carbocycles. The molecule has 2 heterocycles. The number of hydrogen-bond acceptors (Lipinski definition) is 7. The number of nitrogens with one attached hydrogen (secondary N) is 1. The third-order valence-electron chi connectivity index (χ3n) is 5.47. The molecule has 1 aliphatic rings. The van der Waals surface area contributed by atoms with Crippen LogP contribution >= 0.6 is 0 Å². The van der Waals surface area contributed by atoms with Crippen molar-refractivity contribution in [3.8, 4) is 17.2 Å². The van der Waals surface area contributed by atoms with Gasteiger partial charge in [-0.15, -0.1) is 0 Å². The zero-order valence-electron chi connectivity index (χ0n) is 19.1. The van der Waals surface area contributed by atoms with Crippen molar-refractivity contribution >= 4 is 21.6 Å². The van der Waals surface area contributed by atoms with Gasteiger partial charge in [0.15, 0.2) is 11.5 Å². The number of carbonyl (C=O) groups is 1. The van der Waals surface area contributed by atoms with E-state index in [1.54, 1.807) is 26.0 Å². The number of nitrogens with zero attached hydrogens (tertiary/aromatic N) is 3. The van der Waals surface area contributed by atoms with Crippen LogP contribution in [-0.2, 0) is 21.4 Å². The fraction of sp³-hybridized carbons (Fsp3) is 0.524. The van der Waals surface area contributed by atoms with Crippen molar-refractivity contribution in [3.05, 3.63) is 23.5 Å². The smallest absolute Gasteiger partial charge is 0.246 e. The number of sulfonamides is 1. The maximum atomic E-state index is 13.2. The number of aromatic nitrogens is 2. The first-order chi connectivity index (χ1) is 15.2. The molecule has 1 N–H and O–H groups in total. The van der Waals surface area contributed by atoms with E-state index >= 15 is 0 Å². The van der Waals surface area contributed by atoms with Crippen molar-refractivity contribution in [2.24, 2.45) is 0 Å². The summed E-state index contributed by atoms with van der Waals surface area (Å²) in [6.07, 6.45) is 2.73. The van der Waals surface area contributed by atoms with Gasteiger partial charge in [0.1, 0.15) is 11.4 Å². The number of hydrogen-bond donors (Lipinski definition) is 1. The molecule has 10 nitrogen and oxygen atoms in total. The topological polar surface area (TPSA) is 112 Å². The summed E-state index contributed by atoms with van der Waals surface area (Å²) < 4.78 is 45.1. The molecular weight excluding hydrogens is 436 g/mol. The molecule has 1 aliphatic heterocycles. The summed E-state index contributed by atoms with van der Waals surface area (Å²) in [6.45, 7) is 4.20. The molecule has 0 atom stereocenters. The van der Waals surface area contributed by atoms with Crippen LogP contribution in [0, 0.1) is 13.8 Å². The second kappa shape index (κ2) is 9.78. The fourth-order valence-corrected chi connectivity index (χ4v) is 5.82. The monoisotopic (exact) mass is 466 g/mol. The summed E-state index contributed by atoms with van der Waals surface area (Å²) in [5, 5.41) is 7.10. The van der Waals surface area contributed by atoms with Gasteiger partial charge in [-0.25, -0.2) is 8.42 Å². The highest BCUT2D eigenvalue weighted by molar-refractivity contribution is 7.89. The SMILES string of the molecule is COc1cc(NC(=O)Cn2nc(C)c(S(=O)(=O)N3CCCCC3)c2C)cc(OC)c1OC. The van der Waals surface area contributed by atoms with Gasteiger partial charge >= 0.3 is 0 Å². The zero-order chi connectivity index (χ0) is 23.5. The van der Waals surface area contributed by atoms with Crippen LogP contribution < -0.4 is 19.5 Å². The van der Waals surface area contributed by atoms with E-state index in [1.165, 1.54) is 30.3 Å². The van der Waals surface area contributed by atoms with E-state index in [0.29, 0.717) is 47.4 Å². The van der Waals surface area contributed by atoms with Gasteiger partial charge in [0.25, 0.3) is 0 Å². The van der Waals surface area contributed by atoms with Gasteiger partial charge in [0, 0.05) is 30.9 Å². The lowest BCUT2D eigenvalue weighted by Crippen LogP contribution is -2.36. The van der Waals surface area contributed by atoms with E-state index in [0.717, 1.165) is 19.3 Å². The normalized spacial score (nSPS) is 14.8. The van der Waals surface area contributed by atoms with Crippen LogP contribution in [0.15, 0.2) is 17.0 Å². The summed E-state index contributed by atoms with van der Waals surface area (Å²) >= 11 is 0. The maximum absolute atomic E-state index is 13.2. The van der Waals surface area contributed by atoms with Gasteiger partial charge in [-0.05, 0) is 26.7 Å². The summed E-state index contributed by atoms with van der Waals surface area (Å²) in [5.74, 6) is 0.859. The van der Waals surface area contributed by atoms with Crippen molar-refractivity contribution < 1.29 is 27.4 Å². The number of rotatable bonds is 8. The van der Waals surface area contributed by atoms with E-state index in [2.05, 4.69) is 10.4 Å². The second-order valence-electron chi connectivity index (χ2n) is 7.58. The van der Waals surface area contributed by atoms with Gasteiger partial charge in [-0.1, -0.05) is 6.42 Å². The highest BCUT2D eigenvalue weighted by Crippen LogP contribution is 2.40. The Labute approximate surface area is 188 Å². The van der Waals surface area contributed by atoms with Gasteiger partial charge in [0.2, 0.25) is 21.7 Å². The van der Waals surface area contributed by atoms with Crippen molar-refractivity contribution in [1.29, 1.82) is 0 Å². The number of ether oxygens (including phenoxy) is 3. The van der Waals surface area contributed by atoms with Crippen LogP contribution in [0.4, 0.5) is 5.69 Å². The summed E-state index contributed by atoms with van der Waals surface area (Å²) in [7, 11) is 0.824. The Morgan fingerprint density at radius 2 is 1.62 bits per heavy atom. The van der Waals surface area contributed by atoms with Crippen LogP contribution in [0.3, 0.4) is 0 Å². The van der Waals surface area contributed by atoms with Crippen molar-refractivity contribution in [2.45, 2.75) is 44.6 Å². The Kier molecular flexibility index (Phi) is 7.29. The van der Waals surface area contributed by atoms with Gasteiger partial charge in [-0.3, -0.25) is 9.48 Å². The zero-order valence-corrected chi connectivity index (χ0v) is 19.9. The maximum Gasteiger partial charge on any atom is 0.246 e. The summed E-state index contributed by atoms with van der Waals surface area (Å²) in [6, 6.07) is 3.24. The third-order valence-corrected chi connectivity index (χ3v) is 7.62. The van der Waals surface area contributed by atoms with E-state index < -0.39 is 10.0 Å². The molecule has 1 amide bonds. The highest BCUT2D eigenvalue weighted by Gasteiger charge is 2.32. The quantitative estimate of drug-likeness (QED) is 0.635. The molecule has 11 heteroatoms. The molecule has 0 bridgehead atoms. The highest BCUT2D eigenvalue weighted by atomic mass is 32.2. The molecule has 32 heavy (non-hydrogen) atoms. The molecule has 0 saturated carbocycles. The van der Waals surface area contributed by atoms with E-state index in [9.17, 15) is 13.2 Å². The van der Waals surface area contributed by atoms with Gasteiger partial charge < -0.3 is 19.5 Å². The largest absolute Gasteiger partial charge is 0.493 e. The molecule has 3 rings (SSSR count). The van der Waals surface area contributed by atoms with Crippen molar-refractivity contribution in [3.63, 3.8) is 0 Å². The lowest BCUT2D eigenvalue weighted by Gasteiger charge is -2.25. The third kappa shape index (κ3) is 4.68. The molecule has 176 valence electrons. The molecule has 0 unspecified atom stereocenters. The number of carbonyl (C=O) groups excluding carboxylic acids is 1. The summed E-state index contributed by atoms with van der Waals surface area (Å²) in [4.78, 5) is 12.9. The number of benzene rings is 1. The second-order valence-corrected chi connectivity index (χ2v) is 9.46. The van der Waals surface area contributed by atoms with Gasteiger partial charge in [0.05, 0.1) is 32.7 Å².